The van der Waals surface area contributed by atoms with Gasteiger partial charge in [0.25, 0.3) is 11.8 Å². The van der Waals surface area contributed by atoms with E-state index in [1.807, 2.05) is 0 Å². The molecule has 0 atom stereocenters. The highest BCUT2D eigenvalue weighted by Crippen LogP contribution is 2.32. The lowest BCUT2D eigenvalue weighted by Crippen LogP contribution is -2.14. The highest BCUT2D eigenvalue weighted by Gasteiger charge is 2.19. The lowest BCUT2D eigenvalue weighted by atomic mass is 10.2. The molecule has 4 aromatic carbocycles. The molecule has 0 saturated heterocycles. The number of halogens is 4. The summed E-state index contributed by atoms with van der Waals surface area (Å²) in [5.41, 5.74) is 10.1. The minimum Gasteiger partial charge on any atom is -0.396 e. The first kappa shape index (κ1) is 27.1. The Morgan fingerprint density at radius 2 is 1.21 bits per heavy atom. The number of amides is 2. The minimum absolute atomic E-state index is 0.0535. The maximum atomic E-state index is 14.3. The number of nitrogens with two attached hydrogens (primary N) is 2. The molecule has 0 radical (unpaired) electrons. The molecule has 39 heavy (non-hydrogen) atoms. The van der Waals surface area contributed by atoms with Crippen LogP contribution in [0.5, 0.6) is 0 Å². The lowest BCUT2D eigenvalue weighted by molar-refractivity contribution is 0.101. The van der Waals surface area contributed by atoms with Crippen molar-refractivity contribution < 1.29 is 27.2 Å². The Balaban J connectivity index is 0.000000183. The van der Waals surface area contributed by atoms with Crippen LogP contribution in [-0.2, 0) is 0 Å². The quantitative estimate of drug-likeness (QED) is 0.156. The summed E-state index contributed by atoms with van der Waals surface area (Å²) < 4.78 is 55.4. The zero-order valence-electron chi connectivity index (χ0n) is 19.8. The predicted octanol–water partition coefficient (Wildman–Crippen LogP) is 6.21. The molecule has 6 N–H and O–H groups in total. The number of nitrogens with one attached hydrogen (secondary N) is 2. The monoisotopic (exact) mass is 553 g/mol. The number of fused-ring (bicyclic) bond motifs is 1. The second-order valence-corrected chi connectivity index (χ2v) is 8.97. The van der Waals surface area contributed by atoms with Crippen molar-refractivity contribution >= 4 is 55.6 Å². The number of hydrogen-bond donors (Lipinski definition) is 4. The first-order valence-corrected chi connectivity index (χ1v) is 12.0. The van der Waals surface area contributed by atoms with Gasteiger partial charge < -0.3 is 22.1 Å². The zero-order valence-corrected chi connectivity index (χ0v) is 20.7. The highest BCUT2D eigenvalue weighted by molar-refractivity contribution is 7.22. The molecule has 12 heteroatoms. The second kappa shape index (κ2) is 11.6. The van der Waals surface area contributed by atoms with E-state index in [1.54, 1.807) is 48.5 Å². The third-order valence-corrected chi connectivity index (χ3v) is 6.10. The fourth-order valence-electron chi connectivity index (χ4n) is 3.36. The van der Waals surface area contributed by atoms with Gasteiger partial charge >= 0.3 is 0 Å². The Hall–Kier alpha value is -4.97. The Kier molecular flexibility index (Phi) is 8.06. The van der Waals surface area contributed by atoms with E-state index >= 15 is 0 Å². The van der Waals surface area contributed by atoms with E-state index in [4.69, 9.17) is 11.5 Å². The van der Waals surface area contributed by atoms with Crippen molar-refractivity contribution in [3.05, 3.63) is 113 Å². The molecule has 0 fully saturated rings. The summed E-state index contributed by atoms with van der Waals surface area (Å²) in [6.07, 6.45) is 0. The molecule has 1 heterocycles. The van der Waals surface area contributed by atoms with E-state index < -0.39 is 46.5 Å². The van der Waals surface area contributed by atoms with Gasteiger partial charge in [0.2, 0.25) is 0 Å². The normalized spacial score (nSPS) is 10.5. The number of carbonyl (C=O) groups excluding carboxylic acids is 2. The number of aromatic nitrogens is 1. The van der Waals surface area contributed by atoms with Crippen LogP contribution in [0.3, 0.4) is 0 Å². The average molecular weight is 554 g/mol. The third kappa shape index (κ3) is 6.13. The van der Waals surface area contributed by atoms with Crippen LogP contribution in [0.2, 0.25) is 0 Å². The third-order valence-electron chi connectivity index (χ3n) is 5.26. The maximum Gasteiger partial charge on any atom is 0.255 e. The van der Waals surface area contributed by atoms with Crippen LogP contribution in [0.4, 0.5) is 39.8 Å². The summed E-state index contributed by atoms with van der Waals surface area (Å²) in [6, 6.07) is 19.5. The standard InChI is InChI=1S/C14H9F2N3OS.C13H10F2N2O/c15-8-6-9-12(19-14(17)21-9)10(16)11(8)18-13(20)7-4-2-1-3-5-7;14-9-6-7-10(16)11(15)12(9)17-13(18)8-4-2-1-3-5-8/h1-6H,(H2,17,19)(H,18,20);1-7H,16H2,(H,17,18). The number of nitrogens with zero attached hydrogens (tertiary/aromatic N) is 1. The predicted molar refractivity (Wildman–Crippen MR) is 144 cm³/mol. The molecule has 0 spiro atoms. The molecule has 0 aliphatic carbocycles. The molecule has 0 unspecified atom stereocenters. The Morgan fingerprint density at radius 3 is 1.74 bits per heavy atom. The van der Waals surface area contributed by atoms with Crippen molar-refractivity contribution in [1.82, 2.24) is 4.98 Å². The molecule has 2 amide bonds. The lowest BCUT2D eigenvalue weighted by Gasteiger charge is -2.09. The van der Waals surface area contributed by atoms with E-state index in [0.29, 0.717) is 15.8 Å². The molecule has 0 aliphatic heterocycles. The molecular formula is C27H19F4N5O2S. The first-order chi connectivity index (χ1) is 18.7. The number of anilines is 4. The summed E-state index contributed by atoms with van der Waals surface area (Å²) >= 11 is 0.978. The van der Waals surface area contributed by atoms with E-state index in [1.165, 1.54) is 12.1 Å². The van der Waals surface area contributed by atoms with Crippen molar-refractivity contribution in [3.63, 3.8) is 0 Å². The van der Waals surface area contributed by atoms with E-state index in [-0.39, 0.29) is 16.3 Å². The summed E-state index contributed by atoms with van der Waals surface area (Å²) in [5, 5.41) is 4.53. The second-order valence-electron chi connectivity index (χ2n) is 7.91. The Morgan fingerprint density at radius 1 is 0.692 bits per heavy atom. The van der Waals surface area contributed by atoms with Gasteiger partial charge in [-0.25, -0.2) is 22.5 Å². The van der Waals surface area contributed by atoms with Gasteiger partial charge in [0.15, 0.2) is 22.6 Å². The Bertz CT molecular complexity index is 1660. The topological polar surface area (TPSA) is 123 Å². The van der Waals surface area contributed by atoms with Crippen LogP contribution in [0, 0.1) is 23.3 Å². The van der Waals surface area contributed by atoms with Crippen LogP contribution in [0.1, 0.15) is 20.7 Å². The number of hydrogen-bond acceptors (Lipinski definition) is 6. The van der Waals surface area contributed by atoms with Crippen LogP contribution < -0.4 is 22.1 Å². The molecule has 0 bridgehead atoms. The average Bonchev–Trinajstić information content (AvgIpc) is 3.32. The van der Waals surface area contributed by atoms with Crippen molar-refractivity contribution in [2.75, 3.05) is 22.1 Å². The van der Waals surface area contributed by atoms with Gasteiger partial charge in [0.1, 0.15) is 22.7 Å². The van der Waals surface area contributed by atoms with Gasteiger partial charge in [-0.2, -0.15) is 0 Å². The van der Waals surface area contributed by atoms with Crippen molar-refractivity contribution in [1.29, 1.82) is 0 Å². The van der Waals surface area contributed by atoms with Crippen LogP contribution in [-0.4, -0.2) is 16.8 Å². The summed E-state index contributed by atoms with van der Waals surface area (Å²) in [4.78, 5) is 27.5. The summed E-state index contributed by atoms with van der Waals surface area (Å²) in [5.74, 6) is -4.84. The zero-order chi connectivity index (χ0) is 28.1. The van der Waals surface area contributed by atoms with Gasteiger partial charge in [0.05, 0.1) is 10.4 Å². The number of thiazole rings is 1. The molecule has 198 valence electrons. The SMILES string of the molecule is Nc1ccc(F)c(NC(=O)c2ccccc2)c1F.Nc1nc2c(F)c(NC(=O)c3ccccc3)c(F)cc2s1. The van der Waals surface area contributed by atoms with Crippen LogP contribution in [0.25, 0.3) is 10.2 Å². The van der Waals surface area contributed by atoms with Crippen LogP contribution >= 0.6 is 11.3 Å². The molecule has 7 nitrogen and oxygen atoms in total. The van der Waals surface area contributed by atoms with Crippen molar-refractivity contribution in [3.8, 4) is 0 Å². The summed E-state index contributed by atoms with van der Waals surface area (Å²) in [7, 11) is 0. The van der Waals surface area contributed by atoms with Gasteiger partial charge in [-0.15, -0.1) is 0 Å². The molecule has 0 saturated carbocycles. The van der Waals surface area contributed by atoms with Gasteiger partial charge in [-0.1, -0.05) is 47.7 Å². The van der Waals surface area contributed by atoms with E-state index in [2.05, 4.69) is 15.6 Å². The number of nitrogen functional groups attached to an aromatic ring is 2. The molecular weight excluding hydrogens is 534 g/mol. The molecule has 1 aromatic heterocycles. The summed E-state index contributed by atoms with van der Waals surface area (Å²) in [6.45, 7) is 0. The molecule has 5 rings (SSSR count). The fourth-order valence-corrected chi connectivity index (χ4v) is 4.12. The van der Waals surface area contributed by atoms with E-state index in [9.17, 15) is 27.2 Å². The van der Waals surface area contributed by atoms with Gasteiger partial charge in [-0.05, 0) is 42.5 Å². The van der Waals surface area contributed by atoms with E-state index in [0.717, 1.165) is 29.5 Å². The maximum absolute atomic E-state index is 14.3. The largest absolute Gasteiger partial charge is 0.396 e. The highest BCUT2D eigenvalue weighted by atomic mass is 32.1. The van der Waals surface area contributed by atoms with Gasteiger partial charge in [0, 0.05) is 11.1 Å². The number of carbonyl (C=O) groups is 2. The fraction of sp³-hybridized carbons (Fsp3) is 0. The van der Waals surface area contributed by atoms with Crippen LogP contribution in [0.15, 0.2) is 78.9 Å². The number of benzene rings is 4. The molecule has 0 aliphatic rings. The Labute approximate surface area is 223 Å². The minimum atomic E-state index is -0.973. The van der Waals surface area contributed by atoms with Gasteiger partial charge in [-0.3, -0.25) is 9.59 Å². The number of rotatable bonds is 4. The smallest absolute Gasteiger partial charge is 0.255 e. The molecule has 5 aromatic rings. The van der Waals surface area contributed by atoms with Crippen molar-refractivity contribution in [2.45, 2.75) is 0 Å². The van der Waals surface area contributed by atoms with Crippen molar-refractivity contribution in [2.24, 2.45) is 0 Å². The first-order valence-electron chi connectivity index (χ1n) is 11.2.